The van der Waals surface area contributed by atoms with Gasteiger partial charge in [0.25, 0.3) is 0 Å². The van der Waals surface area contributed by atoms with Crippen LogP contribution >= 0.6 is 0 Å². The van der Waals surface area contributed by atoms with Gasteiger partial charge in [-0.15, -0.1) is 0 Å². The molecule has 7 heteroatoms. The lowest BCUT2D eigenvalue weighted by Gasteiger charge is -2.07. The van der Waals surface area contributed by atoms with Crippen LogP contribution in [0.1, 0.15) is 38.1 Å². The predicted octanol–water partition coefficient (Wildman–Crippen LogP) is 3.31. The lowest BCUT2D eigenvalue weighted by Crippen LogP contribution is -2.11. The summed E-state index contributed by atoms with van der Waals surface area (Å²) in [5.74, 6) is -0.228. The maximum absolute atomic E-state index is 13.3. The second kappa shape index (κ2) is 6.45. The molecular weight excluding hydrogens is 275 g/mol. The number of nitrogens with one attached hydrogen (secondary N) is 1. The number of aromatic nitrogens is 2. The number of nitrogens with zero attached hydrogens (tertiary/aromatic N) is 2. The molecule has 2 rings (SSSR count). The van der Waals surface area contributed by atoms with Crippen LogP contribution in [0.2, 0.25) is 0 Å². The molecule has 2 aromatic rings. The summed E-state index contributed by atoms with van der Waals surface area (Å²) >= 11 is 0. The molecule has 1 heterocycles. The fraction of sp³-hybridized carbons (Fsp3) is 0.357. The van der Waals surface area contributed by atoms with Gasteiger partial charge in [-0.05, 0) is 18.6 Å². The Bertz CT molecular complexity index is 642. The Balaban J connectivity index is 2.25. The van der Waals surface area contributed by atoms with Crippen molar-refractivity contribution in [2.24, 2.45) is 5.73 Å². The molecule has 0 aliphatic rings. The molecular formula is C14H17FN4O2. The first kappa shape index (κ1) is 15.1. The highest BCUT2D eigenvalue weighted by Crippen LogP contribution is 2.26. The van der Waals surface area contributed by atoms with E-state index >= 15 is 0 Å². The molecule has 1 atom stereocenters. The van der Waals surface area contributed by atoms with Crippen molar-refractivity contribution in [1.29, 1.82) is 0 Å². The molecule has 0 spiro atoms. The molecule has 3 N–H and O–H groups in total. The second-order valence-corrected chi connectivity index (χ2v) is 4.85. The van der Waals surface area contributed by atoms with Gasteiger partial charge in [-0.2, -0.15) is 4.39 Å². The summed E-state index contributed by atoms with van der Waals surface area (Å²) in [6, 6.07) is 3.53. The molecule has 0 fully saturated rings. The van der Waals surface area contributed by atoms with Crippen LogP contribution in [-0.4, -0.2) is 14.9 Å². The lowest BCUT2D eigenvalue weighted by atomic mass is 10.1. The zero-order valence-electron chi connectivity index (χ0n) is 11.7. The van der Waals surface area contributed by atoms with Crippen molar-refractivity contribution in [1.82, 2.24) is 9.97 Å². The number of halogens is 1. The van der Waals surface area contributed by atoms with E-state index in [1.807, 2.05) is 0 Å². The zero-order valence-corrected chi connectivity index (χ0v) is 11.7. The molecule has 1 unspecified atom stereocenters. The standard InChI is InChI=1S/C14H17FN4O2/c1-2-3-4-11(16)14-17-8-12(18-14)9-5-6-10(15)13(7-9)19(20)21/h5-8,11H,2-4,16H2,1H3,(H,17,18). The van der Waals surface area contributed by atoms with Crippen molar-refractivity contribution in [3.05, 3.63) is 46.2 Å². The number of imidazole rings is 1. The van der Waals surface area contributed by atoms with Crippen molar-refractivity contribution < 1.29 is 9.31 Å². The third-order valence-corrected chi connectivity index (χ3v) is 3.27. The fourth-order valence-corrected chi connectivity index (χ4v) is 2.05. The largest absolute Gasteiger partial charge is 0.341 e. The van der Waals surface area contributed by atoms with E-state index in [4.69, 9.17) is 5.73 Å². The molecule has 0 aliphatic carbocycles. The molecule has 6 nitrogen and oxygen atoms in total. The summed E-state index contributed by atoms with van der Waals surface area (Å²) < 4.78 is 13.3. The van der Waals surface area contributed by atoms with Gasteiger partial charge in [-0.1, -0.05) is 19.8 Å². The van der Waals surface area contributed by atoms with Gasteiger partial charge in [0.2, 0.25) is 5.82 Å². The van der Waals surface area contributed by atoms with Crippen LogP contribution < -0.4 is 5.73 Å². The Morgan fingerprint density at radius 2 is 2.29 bits per heavy atom. The lowest BCUT2D eigenvalue weighted by molar-refractivity contribution is -0.387. The number of H-pyrrole nitrogens is 1. The van der Waals surface area contributed by atoms with Gasteiger partial charge in [-0.3, -0.25) is 10.1 Å². The number of hydrogen-bond donors (Lipinski definition) is 2. The van der Waals surface area contributed by atoms with Crippen LogP contribution in [0.3, 0.4) is 0 Å². The van der Waals surface area contributed by atoms with Crippen LogP contribution in [0.5, 0.6) is 0 Å². The van der Waals surface area contributed by atoms with Crippen molar-refractivity contribution in [2.75, 3.05) is 0 Å². The highest BCUT2D eigenvalue weighted by atomic mass is 19.1. The Hall–Kier alpha value is -2.28. The third kappa shape index (κ3) is 3.43. The molecule has 112 valence electrons. The molecule has 0 radical (unpaired) electrons. The molecule has 0 aliphatic heterocycles. The van der Waals surface area contributed by atoms with E-state index in [-0.39, 0.29) is 6.04 Å². The maximum Gasteiger partial charge on any atom is 0.305 e. The smallest absolute Gasteiger partial charge is 0.305 e. The molecule has 1 aromatic heterocycles. The maximum atomic E-state index is 13.3. The second-order valence-electron chi connectivity index (χ2n) is 4.85. The number of benzene rings is 1. The molecule has 1 aromatic carbocycles. The number of nitro benzene ring substituents is 1. The topological polar surface area (TPSA) is 97.8 Å². The van der Waals surface area contributed by atoms with E-state index in [0.717, 1.165) is 25.3 Å². The van der Waals surface area contributed by atoms with E-state index in [1.165, 1.54) is 12.1 Å². The minimum Gasteiger partial charge on any atom is -0.341 e. The molecule has 0 saturated carbocycles. The highest BCUT2D eigenvalue weighted by Gasteiger charge is 2.17. The fourth-order valence-electron chi connectivity index (χ4n) is 2.05. The predicted molar refractivity (Wildman–Crippen MR) is 77.1 cm³/mol. The molecule has 0 saturated heterocycles. The summed E-state index contributed by atoms with van der Waals surface area (Å²) in [4.78, 5) is 17.3. The van der Waals surface area contributed by atoms with Gasteiger partial charge < -0.3 is 10.7 Å². The molecule has 0 bridgehead atoms. The zero-order chi connectivity index (χ0) is 15.4. The molecule has 0 amide bonds. The van der Waals surface area contributed by atoms with E-state index < -0.39 is 16.4 Å². The SMILES string of the molecule is CCCCC(N)c1ncc(-c2ccc(F)c([N+](=O)[O-])c2)[nH]1. The average molecular weight is 292 g/mol. The van der Waals surface area contributed by atoms with Gasteiger partial charge >= 0.3 is 5.69 Å². The van der Waals surface area contributed by atoms with E-state index in [9.17, 15) is 14.5 Å². The van der Waals surface area contributed by atoms with Crippen molar-refractivity contribution in [3.8, 4) is 11.3 Å². The Morgan fingerprint density at radius 1 is 1.52 bits per heavy atom. The summed E-state index contributed by atoms with van der Waals surface area (Å²) in [5.41, 5.74) is 6.54. The number of nitro groups is 1. The summed E-state index contributed by atoms with van der Waals surface area (Å²) in [6.07, 6.45) is 4.41. The first-order valence-corrected chi connectivity index (χ1v) is 6.77. The monoisotopic (exact) mass is 292 g/mol. The van der Waals surface area contributed by atoms with E-state index in [0.29, 0.717) is 17.1 Å². The van der Waals surface area contributed by atoms with Crippen LogP contribution in [0.15, 0.2) is 24.4 Å². The average Bonchev–Trinajstić information content (AvgIpc) is 2.94. The van der Waals surface area contributed by atoms with Gasteiger partial charge in [0.1, 0.15) is 5.82 Å². The Labute approximate surface area is 121 Å². The van der Waals surface area contributed by atoms with Gasteiger partial charge in [0.05, 0.1) is 22.9 Å². The number of aromatic amines is 1. The summed E-state index contributed by atoms with van der Waals surface area (Å²) in [6.45, 7) is 2.08. The van der Waals surface area contributed by atoms with Gasteiger partial charge in [-0.25, -0.2) is 4.98 Å². The van der Waals surface area contributed by atoms with Crippen LogP contribution in [0, 0.1) is 15.9 Å². The van der Waals surface area contributed by atoms with Crippen molar-refractivity contribution >= 4 is 5.69 Å². The van der Waals surface area contributed by atoms with Crippen LogP contribution in [0.4, 0.5) is 10.1 Å². The highest BCUT2D eigenvalue weighted by molar-refractivity contribution is 5.62. The van der Waals surface area contributed by atoms with Crippen molar-refractivity contribution in [2.45, 2.75) is 32.2 Å². The minimum atomic E-state index is -0.858. The quantitative estimate of drug-likeness (QED) is 0.630. The van der Waals surface area contributed by atoms with Gasteiger partial charge in [0, 0.05) is 11.6 Å². The first-order valence-electron chi connectivity index (χ1n) is 6.77. The van der Waals surface area contributed by atoms with Crippen molar-refractivity contribution in [3.63, 3.8) is 0 Å². The first-order chi connectivity index (χ1) is 10.0. The molecule has 21 heavy (non-hydrogen) atoms. The van der Waals surface area contributed by atoms with E-state index in [1.54, 1.807) is 6.20 Å². The summed E-state index contributed by atoms with van der Waals surface area (Å²) in [5, 5.41) is 10.8. The number of unbranched alkanes of at least 4 members (excludes halogenated alkanes) is 1. The minimum absolute atomic E-state index is 0.200. The third-order valence-electron chi connectivity index (χ3n) is 3.27. The normalized spacial score (nSPS) is 12.3. The number of hydrogen-bond acceptors (Lipinski definition) is 4. The number of nitrogens with two attached hydrogens (primary N) is 1. The number of rotatable bonds is 6. The Morgan fingerprint density at radius 3 is 2.95 bits per heavy atom. The van der Waals surface area contributed by atoms with Gasteiger partial charge in [0.15, 0.2) is 0 Å². The summed E-state index contributed by atoms with van der Waals surface area (Å²) in [7, 11) is 0. The van der Waals surface area contributed by atoms with Crippen LogP contribution in [-0.2, 0) is 0 Å². The van der Waals surface area contributed by atoms with E-state index in [2.05, 4.69) is 16.9 Å². The van der Waals surface area contributed by atoms with Crippen LogP contribution in [0.25, 0.3) is 11.3 Å². The Kier molecular flexibility index (Phi) is 4.64.